The molecular formula is C6H7BrN2S. The first-order chi connectivity index (χ1) is 4.83. The molecule has 2 nitrogen and oxygen atoms in total. The Hall–Kier alpha value is -0.0900. The summed E-state index contributed by atoms with van der Waals surface area (Å²) in [6.45, 7) is 0. The zero-order valence-corrected chi connectivity index (χ0v) is 7.94. The second-order valence-electron chi connectivity index (χ2n) is 1.75. The zero-order chi connectivity index (χ0) is 7.40. The Morgan fingerprint density at radius 1 is 1.50 bits per heavy atom. The molecule has 0 unspecified atom stereocenters. The summed E-state index contributed by atoms with van der Waals surface area (Å²) >= 11 is 4.99. The Labute approximate surface area is 72.6 Å². The van der Waals surface area contributed by atoms with Crippen molar-refractivity contribution in [2.75, 3.05) is 6.26 Å². The van der Waals surface area contributed by atoms with Crippen LogP contribution in [0, 0.1) is 0 Å². The molecule has 4 heteroatoms. The van der Waals surface area contributed by atoms with E-state index in [0.717, 1.165) is 16.0 Å². The van der Waals surface area contributed by atoms with Gasteiger partial charge in [0.15, 0.2) is 0 Å². The number of nitrogens with zero attached hydrogens (tertiary/aromatic N) is 2. The molecule has 0 N–H and O–H groups in total. The number of thioether (sulfide) groups is 1. The minimum atomic E-state index is 0.882. The van der Waals surface area contributed by atoms with Gasteiger partial charge in [-0.2, -0.15) is 11.8 Å². The molecule has 1 heterocycles. The van der Waals surface area contributed by atoms with Crippen molar-refractivity contribution >= 4 is 27.7 Å². The van der Waals surface area contributed by atoms with Crippen molar-refractivity contribution in [2.24, 2.45) is 0 Å². The molecule has 0 aliphatic rings. The van der Waals surface area contributed by atoms with Gasteiger partial charge in [0.25, 0.3) is 0 Å². The summed E-state index contributed by atoms with van der Waals surface area (Å²) in [4.78, 5) is 8.18. The summed E-state index contributed by atoms with van der Waals surface area (Å²) in [6.07, 6.45) is 5.56. The molecule has 54 valence electrons. The fourth-order valence-corrected chi connectivity index (χ4v) is 1.15. The van der Waals surface area contributed by atoms with E-state index in [2.05, 4.69) is 25.9 Å². The summed E-state index contributed by atoms with van der Waals surface area (Å²) < 4.78 is 0.928. The number of hydrogen-bond acceptors (Lipinski definition) is 3. The smallest absolute Gasteiger partial charge is 0.138 e. The Balaban J connectivity index is 2.69. The molecular weight excluding hydrogens is 212 g/mol. The van der Waals surface area contributed by atoms with E-state index < -0.39 is 0 Å². The number of halogens is 1. The van der Waals surface area contributed by atoms with Crippen LogP contribution in [0.2, 0.25) is 0 Å². The first-order valence-electron chi connectivity index (χ1n) is 2.78. The molecule has 0 fully saturated rings. The molecule has 0 aliphatic carbocycles. The maximum Gasteiger partial charge on any atom is 0.138 e. The lowest BCUT2D eigenvalue weighted by Crippen LogP contribution is -1.89. The van der Waals surface area contributed by atoms with Crippen LogP contribution >= 0.6 is 27.7 Å². The van der Waals surface area contributed by atoms with E-state index in [9.17, 15) is 0 Å². The van der Waals surface area contributed by atoms with Crippen LogP contribution in [-0.4, -0.2) is 16.2 Å². The standard InChI is InChI=1S/C6H7BrN2S/c1-10-4-6-8-2-5(7)3-9-6/h2-3H,4H2,1H3. The lowest BCUT2D eigenvalue weighted by Gasteiger charge is -1.94. The van der Waals surface area contributed by atoms with Gasteiger partial charge in [0, 0.05) is 12.4 Å². The molecule has 0 amide bonds. The van der Waals surface area contributed by atoms with Crippen molar-refractivity contribution in [2.45, 2.75) is 5.75 Å². The third-order valence-electron chi connectivity index (χ3n) is 0.947. The van der Waals surface area contributed by atoms with E-state index in [0.29, 0.717) is 0 Å². The molecule has 0 aliphatic heterocycles. The van der Waals surface area contributed by atoms with Gasteiger partial charge in [-0.15, -0.1) is 0 Å². The summed E-state index contributed by atoms with van der Waals surface area (Å²) in [5, 5.41) is 0. The molecule has 0 saturated carbocycles. The van der Waals surface area contributed by atoms with Gasteiger partial charge in [-0.1, -0.05) is 0 Å². The van der Waals surface area contributed by atoms with Crippen LogP contribution in [0.1, 0.15) is 5.82 Å². The predicted molar refractivity (Wildman–Crippen MR) is 47.0 cm³/mol. The minimum Gasteiger partial charge on any atom is -0.239 e. The van der Waals surface area contributed by atoms with Crippen LogP contribution in [-0.2, 0) is 5.75 Å². The molecule has 1 aromatic heterocycles. The topological polar surface area (TPSA) is 25.8 Å². The molecule has 0 atom stereocenters. The molecule has 0 saturated heterocycles. The van der Waals surface area contributed by atoms with E-state index in [-0.39, 0.29) is 0 Å². The highest BCUT2D eigenvalue weighted by molar-refractivity contribution is 9.10. The van der Waals surface area contributed by atoms with Crippen molar-refractivity contribution in [1.29, 1.82) is 0 Å². The van der Waals surface area contributed by atoms with Crippen molar-refractivity contribution in [1.82, 2.24) is 9.97 Å². The highest BCUT2D eigenvalue weighted by Crippen LogP contribution is 2.07. The number of aromatic nitrogens is 2. The van der Waals surface area contributed by atoms with Crippen LogP contribution in [0.15, 0.2) is 16.9 Å². The van der Waals surface area contributed by atoms with E-state index in [1.165, 1.54) is 0 Å². The summed E-state index contributed by atoms with van der Waals surface area (Å²) in [5.41, 5.74) is 0. The monoisotopic (exact) mass is 218 g/mol. The van der Waals surface area contributed by atoms with Gasteiger partial charge in [-0.05, 0) is 22.2 Å². The van der Waals surface area contributed by atoms with Crippen molar-refractivity contribution in [3.05, 3.63) is 22.7 Å². The fourth-order valence-electron chi connectivity index (χ4n) is 0.543. The Bertz CT molecular complexity index is 199. The Morgan fingerprint density at radius 2 is 2.10 bits per heavy atom. The van der Waals surface area contributed by atoms with Gasteiger partial charge in [0.2, 0.25) is 0 Å². The molecule has 0 aromatic carbocycles. The minimum absolute atomic E-state index is 0.882. The van der Waals surface area contributed by atoms with Crippen LogP contribution in [0.5, 0.6) is 0 Å². The third kappa shape index (κ3) is 2.27. The Morgan fingerprint density at radius 3 is 2.60 bits per heavy atom. The highest BCUT2D eigenvalue weighted by Gasteiger charge is 1.92. The normalized spacial score (nSPS) is 9.80. The number of hydrogen-bond donors (Lipinski definition) is 0. The van der Waals surface area contributed by atoms with Gasteiger partial charge < -0.3 is 0 Å². The molecule has 0 radical (unpaired) electrons. The second-order valence-corrected chi connectivity index (χ2v) is 3.53. The second kappa shape index (κ2) is 3.93. The Kier molecular flexibility index (Phi) is 3.15. The summed E-state index contributed by atoms with van der Waals surface area (Å²) in [7, 11) is 0. The number of rotatable bonds is 2. The highest BCUT2D eigenvalue weighted by atomic mass is 79.9. The van der Waals surface area contributed by atoms with E-state index in [1.807, 2.05) is 6.26 Å². The van der Waals surface area contributed by atoms with Gasteiger partial charge in [-0.25, -0.2) is 9.97 Å². The van der Waals surface area contributed by atoms with Crippen LogP contribution in [0.4, 0.5) is 0 Å². The summed E-state index contributed by atoms with van der Waals surface area (Å²) in [5.74, 6) is 1.77. The zero-order valence-electron chi connectivity index (χ0n) is 5.54. The largest absolute Gasteiger partial charge is 0.239 e. The quantitative estimate of drug-likeness (QED) is 0.761. The SMILES string of the molecule is CSCc1ncc(Br)cn1. The van der Waals surface area contributed by atoms with Crippen molar-refractivity contribution < 1.29 is 0 Å². The lowest BCUT2D eigenvalue weighted by molar-refractivity contribution is 1.03. The summed E-state index contributed by atoms with van der Waals surface area (Å²) in [6, 6.07) is 0. The van der Waals surface area contributed by atoms with E-state index in [4.69, 9.17) is 0 Å². The third-order valence-corrected chi connectivity index (χ3v) is 1.90. The van der Waals surface area contributed by atoms with Crippen molar-refractivity contribution in [3.63, 3.8) is 0 Å². The predicted octanol–water partition coefficient (Wildman–Crippen LogP) is 2.10. The van der Waals surface area contributed by atoms with Gasteiger partial charge in [0.05, 0.1) is 10.2 Å². The van der Waals surface area contributed by atoms with E-state index >= 15 is 0 Å². The first-order valence-corrected chi connectivity index (χ1v) is 4.97. The van der Waals surface area contributed by atoms with Crippen LogP contribution in [0.3, 0.4) is 0 Å². The fraction of sp³-hybridized carbons (Fsp3) is 0.333. The van der Waals surface area contributed by atoms with Crippen LogP contribution in [0.25, 0.3) is 0 Å². The van der Waals surface area contributed by atoms with Crippen molar-refractivity contribution in [3.8, 4) is 0 Å². The molecule has 0 bridgehead atoms. The maximum absolute atomic E-state index is 4.09. The average Bonchev–Trinajstić information content (AvgIpc) is 1.95. The van der Waals surface area contributed by atoms with Gasteiger partial charge in [-0.3, -0.25) is 0 Å². The van der Waals surface area contributed by atoms with E-state index in [1.54, 1.807) is 24.2 Å². The molecule has 0 spiro atoms. The first kappa shape index (κ1) is 8.01. The lowest BCUT2D eigenvalue weighted by atomic mass is 10.6. The molecule has 10 heavy (non-hydrogen) atoms. The van der Waals surface area contributed by atoms with Gasteiger partial charge >= 0.3 is 0 Å². The average molecular weight is 219 g/mol. The van der Waals surface area contributed by atoms with Crippen LogP contribution < -0.4 is 0 Å². The van der Waals surface area contributed by atoms with Gasteiger partial charge in [0.1, 0.15) is 5.82 Å². The molecule has 1 rings (SSSR count). The maximum atomic E-state index is 4.09. The molecule has 1 aromatic rings.